The number of nitrogens with one attached hydrogen (secondary N) is 2. The first-order valence-corrected chi connectivity index (χ1v) is 8.11. The number of rotatable bonds is 5. The molecule has 2 N–H and O–H groups in total. The molecular weight excluding hydrogens is 268 g/mol. The Hall–Kier alpha value is -0.700. The molecule has 8 heteroatoms. The zero-order chi connectivity index (χ0) is 13.9. The molecule has 0 aromatic carbocycles. The predicted molar refractivity (Wildman–Crippen MR) is 71.8 cm³/mol. The SMILES string of the molecule is CN(CC(=O)NC1CC1)S(=O)(=O)N1CCCNCC1. The summed E-state index contributed by atoms with van der Waals surface area (Å²) in [6.07, 6.45) is 2.79. The van der Waals surface area contributed by atoms with Crippen molar-refractivity contribution in [1.82, 2.24) is 19.2 Å². The van der Waals surface area contributed by atoms with E-state index in [-0.39, 0.29) is 18.5 Å². The van der Waals surface area contributed by atoms with Crippen LogP contribution in [0.4, 0.5) is 0 Å². The minimum absolute atomic E-state index is 0.108. The van der Waals surface area contributed by atoms with Crippen LogP contribution in [0.2, 0.25) is 0 Å². The van der Waals surface area contributed by atoms with Crippen molar-refractivity contribution in [3.05, 3.63) is 0 Å². The van der Waals surface area contributed by atoms with Gasteiger partial charge in [-0.3, -0.25) is 4.79 Å². The lowest BCUT2D eigenvalue weighted by Gasteiger charge is -2.25. The summed E-state index contributed by atoms with van der Waals surface area (Å²) in [5, 5.41) is 5.96. The number of carbonyl (C=O) groups is 1. The Balaban J connectivity index is 1.90. The first-order chi connectivity index (χ1) is 9.00. The van der Waals surface area contributed by atoms with Gasteiger partial charge in [0.25, 0.3) is 10.2 Å². The second-order valence-corrected chi connectivity index (χ2v) is 7.14. The van der Waals surface area contributed by atoms with Gasteiger partial charge in [0.05, 0.1) is 6.54 Å². The molecule has 0 spiro atoms. The van der Waals surface area contributed by atoms with Crippen molar-refractivity contribution in [1.29, 1.82) is 0 Å². The van der Waals surface area contributed by atoms with Crippen LogP contribution in [-0.4, -0.2) is 68.7 Å². The van der Waals surface area contributed by atoms with Crippen molar-refractivity contribution in [2.75, 3.05) is 39.8 Å². The van der Waals surface area contributed by atoms with Crippen LogP contribution >= 0.6 is 0 Å². The van der Waals surface area contributed by atoms with E-state index in [0.29, 0.717) is 19.6 Å². The molecule has 0 aromatic heterocycles. The number of hydrogen-bond donors (Lipinski definition) is 2. The van der Waals surface area contributed by atoms with Gasteiger partial charge in [0, 0.05) is 32.7 Å². The van der Waals surface area contributed by atoms with Crippen LogP contribution in [-0.2, 0) is 15.0 Å². The van der Waals surface area contributed by atoms with Gasteiger partial charge >= 0.3 is 0 Å². The molecule has 2 rings (SSSR count). The molecule has 1 aliphatic carbocycles. The third-order valence-electron chi connectivity index (χ3n) is 3.33. The van der Waals surface area contributed by atoms with E-state index in [2.05, 4.69) is 10.6 Å². The van der Waals surface area contributed by atoms with E-state index in [1.54, 1.807) is 0 Å². The van der Waals surface area contributed by atoms with E-state index in [1.165, 1.54) is 11.4 Å². The Labute approximate surface area is 114 Å². The summed E-state index contributed by atoms with van der Waals surface area (Å²) in [5.74, 6) is -0.221. The number of hydrogen-bond acceptors (Lipinski definition) is 4. The molecule has 2 fully saturated rings. The summed E-state index contributed by atoms with van der Waals surface area (Å²) in [4.78, 5) is 11.7. The lowest BCUT2D eigenvalue weighted by atomic mass is 10.4. The number of amides is 1. The summed E-state index contributed by atoms with van der Waals surface area (Å²) >= 11 is 0. The van der Waals surface area contributed by atoms with Gasteiger partial charge < -0.3 is 10.6 Å². The topological polar surface area (TPSA) is 81.8 Å². The van der Waals surface area contributed by atoms with Crippen molar-refractivity contribution in [2.24, 2.45) is 0 Å². The van der Waals surface area contributed by atoms with Crippen molar-refractivity contribution >= 4 is 16.1 Å². The van der Waals surface area contributed by atoms with E-state index in [1.807, 2.05) is 0 Å². The first kappa shape index (κ1) is 14.7. The average molecular weight is 290 g/mol. The number of carbonyl (C=O) groups excluding carboxylic acids is 1. The molecule has 0 atom stereocenters. The second kappa shape index (κ2) is 6.17. The maximum Gasteiger partial charge on any atom is 0.282 e. The number of nitrogens with zero attached hydrogens (tertiary/aromatic N) is 2. The van der Waals surface area contributed by atoms with Crippen molar-refractivity contribution in [3.63, 3.8) is 0 Å². The van der Waals surface area contributed by atoms with Gasteiger partial charge in [-0.05, 0) is 25.8 Å². The fourth-order valence-corrected chi connectivity index (χ4v) is 3.39. The van der Waals surface area contributed by atoms with E-state index in [0.717, 1.165) is 30.1 Å². The number of likely N-dealkylation sites (N-methyl/N-ethyl adjacent to an activating group) is 1. The van der Waals surface area contributed by atoms with Gasteiger partial charge in [-0.15, -0.1) is 0 Å². The monoisotopic (exact) mass is 290 g/mol. The average Bonchev–Trinajstić information content (AvgIpc) is 3.14. The maximum absolute atomic E-state index is 12.3. The van der Waals surface area contributed by atoms with Crippen LogP contribution in [0.5, 0.6) is 0 Å². The van der Waals surface area contributed by atoms with E-state index >= 15 is 0 Å². The lowest BCUT2D eigenvalue weighted by molar-refractivity contribution is -0.121. The normalized spacial score (nSPS) is 22.2. The highest BCUT2D eigenvalue weighted by Gasteiger charge is 2.30. The maximum atomic E-state index is 12.3. The fourth-order valence-electron chi connectivity index (χ4n) is 2.03. The molecule has 2 aliphatic rings. The summed E-state index contributed by atoms with van der Waals surface area (Å²) in [6.45, 7) is 2.34. The van der Waals surface area contributed by atoms with Crippen molar-refractivity contribution < 1.29 is 13.2 Å². The highest BCUT2D eigenvalue weighted by molar-refractivity contribution is 7.86. The Morgan fingerprint density at radius 1 is 1.37 bits per heavy atom. The second-order valence-electron chi connectivity index (χ2n) is 5.11. The van der Waals surface area contributed by atoms with Crippen LogP contribution in [0.1, 0.15) is 19.3 Å². The van der Waals surface area contributed by atoms with Crippen LogP contribution in [0.25, 0.3) is 0 Å². The molecule has 0 bridgehead atoms. The van der Waals surface area contributed by atoms with Crippen LogP contribution < -0.4 is 10.6 Å². The largest absolute Gasteiger partial charge is 0.352 e. The third-order valence-corrected chi connectivity index (χ3v) is 5.26. The standard InChI is InChI=1S/C11H22N4O3S/c1-14(9-11(16)13-10-3-4-10)19(17,18)15-7-2-5-12-6-8-15/h10,12H,2-9H2,1H3,(H,13,16). The van der Waals surface area contributed by atoms with E-state index < -0.39 is 10.2 Å². The Kier molecular flexibility index (Phi) is 4.77. The molecule has 1 saturated carbocycles. The molecule has 1 saturated heterocycles. The Morgan fingerprint density at radius 2 is 2.11 bits per heavy atom. The molecule has 19 heavy (non-hydrogen) atoms. The molecule has 7 nitrogen and oxygen atoms in total. The third kappa shape index (κ3) is 4.13. The first-order valence-electron chi connectivity index (χ1n) is 6.71. The minimum Gasteiger partial charge on any atom is -0.352 e. The summed E-state index contributed by atoms with van der Waals surface area (Å²) in [5.41, 5.74) is 0. The molecule has 1 heterocycles. The summed E-state index contributed by atoms with van der Waals surface area (Å²) in [6, 6.07) is 0.256. The molecule has 110 valence electrons. The fraction of sp³-hybridized carbons (Fsp3) is 0.909. The summed E-state index contributed by atoms with van der Waals surface area (Å²) in [7, 11) is -2.07. The van der Waals surface area contributed by atoms with Gasteiger partial charge in [-0.2, -0.15) is 17.0 Å². The highest BCUT2D eigenvalue weighted by Crippen LogP contribution is 2.18. The molecule has 0 unspecified atom stereocenters. The highest BCUT2D eigenvalue weighted by atomic mass is 32.2. The zero-order valence-electron chi connectivity index (χ0n) is 11.3. The molecule has 0 radical (unpaired) electrons. The van der Waals surface area contributed by atoms with Gasteiger partial charge in [0.15, 0.2) is 0 Å². The van der Waals surface area contributed by atoms with Gasteiger partial charge in [0.1, 0.15) is 0 Å². The van der Waals surface area contributed by atoms with Crippen LogP contribution in [0.15, 0.2) is 0 Å². The Bertz CT molecular complexity index is 414. The molecule has 1 amide bonds. The van der Waals surface area contributed by atoms with Crippen molar-refractivity contribution in [3.8, 4) is 0 Å². The van der Waals surface area contributed by atoms with E-state index in [4.69, 9.17) is 0 Å². The minimum atomic E-state index is -3.53. The van der Waals surface area contributed by atoms with Gasteiger partial charge in [0.2, 0.25) is 5.91 Å². The zero-order valence-corrected chi connectivity index (χ0v) is 12.1. The molecule has 1 aliphatic heterocycles. The van der Waals surface area contributed by atoms with Crippen LogP contribution in [0.3, 0.4) is 0 Å². The smallest absolute Gasteiger partial charge is 0.282 e. The van der Waals surface area contributed by atoms with Crippen molar-refractivity contribution in [2.45, 2.75) is 25.3 Å². The van der Waals surface area contributed by atoms with Crippen LogP contribution in [0, 0.1) is 0 Å². The molecular formula is C11H22N4O3S. The van der Waals surface area contributed by atoms with E-state index in [9.17, 15) is 13.2 Å². The molecule has 0 aromatic rings. The quantitative estimate of drug-likeness (QED) is 0.662. The van der Waals surface area contributed by atoms with Gasteiger partial charge in [-0.25, -0.2) is 0 Å². The predicted octanol–water partition coefficient (Wildman–Crippen LogP) is -1.26. The lowest BCUT2D eigenvalue weighted by Crippen LogP contribution is -2.47. The van der Waals surface area contributed by atoms with Gasteiger partial charge in [-0.1, -0.05) is 0 Å². The Morgan fingerprint density at radius 3 is 2.79 bits per heavy atom. The summed E-state index contributed by atoms with van der Waals surface area (Å²) < 4.78 is 27.2.